The molecule has 0 aliphatic rings. The third-order valence-corrected chi connectivity index (χ3v) is 3.31. The van der Waals surface area contributed by atoms with E-state index in [9.17, 15) is 4.79 Å². The van der Waals surface area contributed by atoms with Crippen LogP contribution in [0.25, 0.3) is 0 Å². The maximum Gasteiger partial charge on any atom is 0.308 e. The van der Waals surface area contributed by atoms with Crippen molar-refractivity contribution in [2.24, 2.45) is 0 Å². The molecule has 0 spiro atoms. The molecule has 0 heterocycles. The number of benzene rings is 2. The molecule has 1 unspecified atom stereocenters. The maximum atomic E-state index is 11.9. The largest absolute Gasteiger partial charge is 0.497 e. The SMILES string of the molecule is CCOC(=O)CC(Nc1ccccc1)c1ccc(OC)cc1. The van der Waals surface area contributed by atoms with Crippen LogP contribution < -0.4 is 10.1 Å². The van der Waals surface area contributed by atoms with E-state index in [1.165, 1.54) is 0 Å². The van der Waals surface area contributed by atoms with Gasteiger partial charge < -0.3 is 14.8 Å². The Morgan fingerprint density at radius 3 is 2.36 bits per heavy atom. The van der Waals surface area contributed by atoms with Gasteiger partial charge in [-0.2, -0.15) is 0 Å². The van der Waals surface area contributed by atoms with Gasteiger partial charge in [-0.15, -0.1) is 0 Å². The molecule has 2 aromatic rings. The monoisotopic (exact) mass is 299 g/mol. The normalized spacial score (nSPS) is 11.5. The quantitative estimate of drug-likeness (QED) is 0.790. The third-order valence-electron chi connectivity index (χ3n) is 3.31. The second kappa shape index (κ2) is 8.08. The lowest BCUT2D eigenvalue weighted by atomic mass is 10.0. The Balaban J connectivity index is 2.17. The predicted octanol–water partition coefficient (Wildman–Crippen LogP) is 3.80. The van der Waals surface area contributed by atoms with Crippen LogP contribution in [0.4, 0.5) is 5.69 Å². The summed E-state index contributed by atoms with van der Waals surface area (Å²) in [7, 11) is 1.63. The van der Waals surface area contributed by atoms with Crippen molar-refractivity contribution in [1.82, 2.24) is 0 Å². The van der Waals surface area contributed by atoms with E-state index < -0.39 is 0 Å². The van der Waals surface area contributed by atoms with Crippen LogP contribution in [0, 0.1) is 0 Å². The first kappa shape index (κ1) is 15.9. The van der Waals surface area contributed by atoms with Crippen molar-refractivity contribution >= 4 is 11.7 Å². The molecule has 0 fully saturated rings. The van der Waals surface area contributed by atoms with E-state index in [1.54, 1.807) is 7.11 Å². The topological polar surface area (TPSA) is 47.6 Å². The molecule has 0 aliphatic heterocycles. The molecule has 116 valence electrons. The third kappa shape index (κ3) is 4.52. The lowest BCUT2D eigenvalue weighted by Crippen LogP contribution is -2.17. The van der Waals surface area contributed by atoms with Crippen LogP contribution in [0.15, 0.2) is 54.6 Å². The Morgan fingerprint density at radius 2 is 1.77 bits per heavy atom. The van der Waals surface area contributed by atoms with E-state index >= 15 is 0 Å². The van der Waals surface area contributed by atoms with E-state index in [-0.39, 0.29) is 18.4 Å². The number of ether oxygens (including phenoxy) is 2. The van der Waals surface area contributed by atoms with Gasteiger partial charge in [0.2, 0.25) is 0 Å². The van der Waals surface area contributed by atoms with E-state index in [2.05, 4.69) is 5.32 Å². The van der Waals surface area contributed by atoms with Gasteiger partial charge in [0.1, 0.15) is 5.75 Å². The van der Waals surface area contributed by atoms with Crippen molar-refractivity contribution in [3.8, 4) is 5.75 Å². The summed E-state index contributed by atoms with van der Waals surface area (Å²) in [4.78, 5) is 11.9. The van der Waals surface area contributed by atoms with Crippen LogP contribution in [-0.2, 0) is 9.53 Å². The summed E-state index contributed by atoms with van der Waals surface area (Å²) >= 11 is 0. The van der Waals surface area contributed by atoms with Crippen LogP contribution >= 0.6 is 0 Å². The second-order valence-electron chi connectivity index (χ2n) is 4.85. The number of anilines is 1. The van der Waals surface area contributed by atoms with Crippen molar-refractivity contribution in [3.63, 3.8) is 0 Å². The zero-order valence-electron chi connectivity index (χ0n) is 12.9. The van der Waals surface area contributed by atoms with Gasteiger partial charge in [-0.1, -0.05) is 30.3 Å². The van der Waals surface area contributed by atoms with Crippen LogP contribution in [-0.4, -0.2) is 19.7 Å². The first-order chi connectivity index (χ1) is 10.7. The minimum absolute atomic E-state index is 0.146. The number of carbonyl (C=O) groups excluding carboxylic acids is 1. The average molecular weight is 299 g/mol. The molecule has 0 aromatic heterocycles. The number of carbonyl (C=O) groups is 1. The Bertz CT molecular complexity index is 581. The van der Waals surface area contributed by atoms with E-state index in [1.807, 2.05) is 61.5 Å². The molecule has 0 aliphatic carbocycles. The summed E-state index contributed by atoms with van der Waals surface area (Å²) in [6.45, 7) is 2.20. The molecule has 4 nitrogen and oxygen atoms in total. The lowest BCUT2D eigenvalue weighted by Gasteiger charge is -2.20. The highest BCUT2D eigenvalue weighted by Crippen LogP contribution is 2.25. The van der Waals surface area contributed by atoms with Crippen molar-refractivity contribution in [2.45, 2.75) is 19.4 Å². The molecule has 4 heteroatoms. The van der Waals surface area contributed by atoms with Crippen molar-refractivity contribution in [3.05, 3.63) is 60.2 Å². The summed E-state index contributed by atoms with van der Waals surface area (Å²) in [5, 5.41) is 3.38. The number of nitrogens with one attached hydrogen (secondary N) is 1. The van der Waals surface area contributed by atoms with Crippen LogP contribution in [0.5, 0.6) is 5.75 Å². The summed E-state index contributed by atoms with van der Waals surface area (Å²) in [5.41, 5.74) is 1.98. The zero-order chi connectivity index (χ0) is 15.8. The number of hydrogen-bond acceptors (Lipinski definition) is 4. The van der Waals surface area contributed by atoms with Gasteiger partial charge in [0.15, 0.2) is 0 Å². The van der Waals surface area contributed by atoms with Crippen LogP contribution in [0.1, 0.15) is 24.9 Å². The molecular weight excluding hydrogens is 278 g/mol. The molecule has 0 bridgehead atoms. The summed E-state index contributed by atoms with van der Waals surface area (Å²) in [5.74, 6) is 0.574. The molecule has 1 N–H and O–H groups in total. The smallest absolute Gasteiger partial charge is 0.308 e. The fourth-order valence-corrected chi connectivity index (χ4v) is 2.21. The number of methoxy groups -OCH3 is 1. The van der Waals surface area contributed by atoms with Gasteiger partial charge in [-0.25, -0.2) is 0 Å². The molecule has 0 saturated carbocycles. The number of rotatable bonds is 7. The van der Waals surface area contributed by atoms with E-state index in [0.29, 0.717) is 6.61 Å². The van der Waals surface area contributed by atoms with E-state index in [4.69, 9.17) is 9.47 Å². The molecule has 0 radical (unpaired) electrons. The van der Waals surface area contributed by atoms with Crippen molar-refractivity contribution in [2.75, 3.05) is 19.0 Å². The summed E-state index contributed by atoms with van der Waals surface area (Å²) < 4.78 is 10.2. The van der Waals surface area contributed by atoms with Crippen LogP contribution in [0.3, 0.4) is 0 Å². The minimum atomic E-state index is -0.216. The van der Waals surface area contributed by atoms with Gasteiger partial charge >= 0.3 is 5.97 Å². The molecule has 1 atom stereocenters. The fourth-order valence-electron chi connectivity index (χ4n) is 2.21. The van der Waals surface area contributed by atoms with Crippen LogP contribution in [0.2, 0.25) is 0 Å². The predicted molar refractivity (Wildman–Crippen MR) is 87.0 cm³/mol. The fraction of sp³-hybridized carbons (Fsp3) is 0.278. The zero-order valence-corrected chi connectivity index (χ0v) is 12.9. The average Bonchev–Trinajstić information content (AvgIpc) is 2.55. The Morgan fingerprint density at radius 1 is 1.09 bits per heavy atom. The van der Waals surface area contributed by atoms with Gasteiger partial charge in [0, 0.05) is 5.69 Å². The highest BCUT2D eigenvalue weighted by atomic mass is 16.5. The summed E-state index contributed by atoms with van der Waals surface area (Å²) in [6, 6.07) is 17.4. The molecule has 0 amide bonds. The highest BCUT2D eigenvalue weighted by Gasteiger charge is 2.17. The molecule has 22 heavy (non-hydrogen) atoms. The number of esters is 1. The van der Waals surface area contributed by atoms with Gasteiger partial charge in [0.05, 0.1) is 26.2 Å². The minimum Gasteiger partial charge on any atom is -0.497 e. The highest BCUT2D eigenvalue weighted by molar-refractivity contribution is 5.71. The first-order valence-corrected chi connectivity index (χ1v) is 7.34. The Labute approximate surface area is 131 Å². The van der Waals surface area contributed by atoms with Crippen molar-refractivity contribution < 1.29 is 14.3 Å². The lowest BCUT2D eigenvalue weighted by molar-refractivity contribution is -0.143. The summed E-state index contributed by atoms with van der Waals surface area (Å²) in [6.07, 6.45) is 0.273. The standard InChI is InChI=1S/C18H21NO3/c1-3-22-18(20)13-17(19-15-7-5-4-6-8-15)14-9-11-16(21-2)12-10-14/h4-12,17,19H,3,13H2,1-2H3. The first-order valence-electron chi connectivity index (χ1n) is 7.34. The van der Waals surface area contributed by atoms with Crippen molar-refractivity contribution in [1.29, 1.82) is 0 Å². The molecule has 0 saturated heterocycles. The Kier molecular flexibility index (Phi) is 5.83. The van der Waals surface area contributed by atoms with Gasteiger partial charge in [-0.05, 0) is 36.8 Å². The van der Waals surface area contributed by atoms with Gasteiger partial charge in [0.25, 0.3) is 0 Å². The van der Waals surface area contributed by atoms with Gasteiger partial charge in [-0.3, -0.25) is 4.79 Å². The van der Waals surface area contributed by atoms with E-state index in [0.717, 1.165) is 17.0 Å². The maximum absolute atomic E-state index is 11.9. The molecule has 2 rings (SSSR count). The molecular formula is C18H21NO3. The molecule has 2 aromatic carbocycles. The number of para-hydroxylation sites is 1. The second-order valence-corrected chi connectivity index (χ2v) is 4.85. The number of hydrogen-bond donors (Lipinski definition) is 1. The Hall–Kier alpha value is -2.49.